The van der Waals surface area contributed by atoms with Crippen LogP contribution in [0.2, 0.25) is 0 Å². The molecule has 0 aromatic heterocycles. The largest absolute Gasteiger partial charge is 0.299 e. The van der Waals surface area contributed by atoms with Crippen LogP contribution in [0.1, 0.15) is 45.4 Å². The fourth-order valence-electron chi connectivity index (χ4n) is 1.84. The summed E-state index contributed by atoms with van der Waals surface area (Å²) in [5.74, 6) is 0.922. The van der Waals surface area contributed by atoms with Gasteiger partial charge >= 0.3 is 0 Å². The summed E-state index contributed by atoms with van der Waals surface area (Å²) in [6.45, 7) is 2.04. The topological polar surface area (TPSA) is 17.1 Å². The molecule has 0 amide bonds. The van der Waals surface area contributed by atoms with Crippen LogP contribution >= 0.6 is 0 Å². The van der Waals surface area contributed by atoms with E-state index >= 15 is 0 Å². The Labute approximate surface area is 74.9 Å². The molecule has 0 spiro atoms. The third kappa shape index (κ3) is 2.80. The molecular formula is C11H18O. The number of unbranched alkanes of at least 4 members (excludes halogenated alkanes) is 1. The molecule has 1 atom stereocenters. The Balaban J connectivity index is 2.10. The summed E-state index contributed by atoms with van der Waals surface area (Å²) >= 11 is 0. The Morgan fingerprint density at radius 1 is 1.58 bits per heavy atom. The first-order valence-electron chi connectivity index (χ1n) is 4.98. The van der Waals surface area contributed by atoms with Crippen LogP contribution in [0, 0.1) is 5.92 Å². The molecular weight excluding hydrogens is 148 g/mol. The number of hydrogen-bond acceptors (Lipinski definition) is 1. The molecule has 0 bridgehead atoms. The Bertz CT molecular complexity index is 170. The van der Waals surface area contributed by atoms with E-state index in [-0.39, 0.29) is 0 Å². The number of carbonyl (C=O) groups excluding carboxylic acids is 1. The molecule has 0 aromatic carbocycles. The van der Waals surface area contributed by atoms with Crippen LogP contribution < -0.4 is 0 Å². The highest BCUT2D eigenvalue weighted by Crippen LogP contribution is 2.25. The lowest BCUT2D eigenvalue weighted by atomic mass is 10.00. The highest BCUT2D eigenvalue weighted by atomic mass is 16.1. The molecule has 1 heteroatoms. The number of rotatable bonds is 4. The number of Topliss-reactive ketones (excluding diaryl/α,β-unsaturated/α-hetero) is 1. The molecule has 0 N–H and O–H groups in total. The third-order valence-corrected chi connectivity index (χ3v) is 2.59. The van der Waals surface area contributed by atoms with Gasteiger partial charge in [-0.25, -0.2) is 0 Å². The quantitative estimate of drug-likeness (QED) is 0.463. The molecule has 68 valence electrons. The van der Waals surface area contributed by atoms with Gasteiger partial charge in [0.2, 0.25) is 0 Å². The summed E-state index contributed by atoms with van der Waals surface area (Å²) in [7, 11) is 0. The summed E-state index contributed by atoms with van der Waals surface area (Å²) in [5, 5.41) is 0. The normalized spacial score (nSPS) is 24.1. The van der Waals surface area contributed by atoms with Gasteiger partial charge in [-0.15, -0.1) is 0 Å². The van der Waals surface area contributed by atoms with E-state index in [1.54, 1.807) is 0 Å². The predicted molar refractivity (Wildman–Crippen MR) is 51.0 cm³/mol. The summed E-state index contributed by atoms with van der Waals surface area (Å²) < 4.78 is 0. The summed E-state index contributed by atoms with van der Waals surface area (Å²) in [6, 6.07) is 0. The fraction of sp³-hybridized carbons (Fsp3) is 0.727. The standard InChI is InChI=1S/C11H18O/c1-2-3-4-5-7-10-8-6-9-11(10)12/h2-3,10H,4-9H2,1H3. The molecule has 1 fully saturated rings. The smallest absolute Gasteiger partial charge is 0.135 e. The van der Waals surface area contributed by atoms with Crippen LogP contribution in [0.5, 0.6) is 0 Å². The van der Waals surface area contributed by atoms with E-state index in [4.69, 9.17) is 0 Å². The number of allylic oxidation sites excluding steroid dienone is 2. The number of hydrogen-bond donors (Lipinski definition) is 0. The van der Waals surface area contributed by atoms with Crippen LogP contribution in [0.25, 0.3) is 0 Å². The zero-order valence-electron chi connectivity index (χ0n) is 7.88. The molecule has 0 heterocycles. The van der Waals surface area contributed by atoms with E-state index in [1.807, 2.05) is 6.92 Å². The van der Waals surface area contributed by atoms with E-state index < -0.39 is 0 Å². The third-order valence-electron chi connectivity index (χ3n) is 2.59. The lowest BCUT2D eigenvalue weighted by Crippen LogP contribution is -2.05. The Morgan fingerprint density at radius 3 is 3.00 bits per heavy atom. The van der Waals surface area contributed by atoms with Gasteiger partial charge in [0, 0.05) is 12.3 Å². The molecule has 0 aromatic rings. The van der Waals surface area contributed by atoms with E-state index in [0.29, 0.717) is 11.7 Å². The average molecular weight is 166 g/mol. The van der Waals surface area contributed by atoms with Gasteiger partial charge in [0.15, 0.2) is 0 Å². The van der Waals surface area contributed by atoms with Crippen LogP contribution in [0.15, 0.2) is 12.2 Å². The van der Waals surface area contributed by atoms with Crippen LogP contribution in [0.3, 0.4) is 0 Å². The van der Waals surface area contributed by atoms with Crippen LogP contribution in [0.4, 0.5) is 0 Å². The maximum Gasteiger partial charge on any atom is 0.135 e. The molecule has 1 saturated carbocycles. The van der Waals surface area contributed by atoms with E-state index in [9.17, 15) is 4.79 Å². The van der Waals surface area contributed by atoms with Gasteiger partial charge in [-0.2, -0.15) is 0 Å². The van der Waals surface area contributed by atoms with Crippen molar-refractivity contribution in [1.82, 2.24) is 0 Å². The van der Waals surface area contributed by atoms with Crippen LogP contribution in [-0.4, -0.2) is 5.78 Å². The molecule has 1 aliphatic carbocycles. The van der Waals surface area contributed by atoms with Crippen molar-refractivity contribution in [2.75, 3.05) is 0 Å². The van der Waals surface area contributed by atoms with Crippen molar-refractivity contribution in [3.63, 3.8) is 0 Å². The van der Waals surface area contributed by atoms with Crippen molar-refractivity contribution in [2.45, 2.75) is 45.4 Å². The molecule has 0 saturated heterocycles. The zero-order chi connectivity index (χ0) is 8.81. The van der Waals surface area contributed by atoms with Gasteiger partial charge < -0.3 is 0 Å². The fourth-order valence-corrected chi connectivity index (χ4v) is 1.84. The van der Waals surface area contributed by atoms with E-state index in [0.717, 1.165) is 32.1 Å². The summed E-state index contributed by atoms with van der Waals surface area (Å²) in [5.41, 5.74) is 0. The molecule has 0 radical (unpaired) electrons. The van der Waals surface area contributed by atoms with Crippen molar-refractivity contribution < 1.29 is 4.79 Å². The van der Waals surface area contributed by atoms with Crippen molar-refractivity contribution in [2.24, 2.45) is 5.92 Å². The lowest BCUT2D eigenvalue weighted by molar-refractivity contribution is -0.120. The molecule has 1 unspecified atom stereocenters. The second-order valence-corrected chi connectivity index (χ2v) is 3.56. The SMILES string of the molecule is CC=CCCCC1CCCC1=O. The maximum absolute atomic E-state index is 11.2. The predicted octanol–water partition coefficient (Wildman–Crippen LogP) is 3.10. The van der Waals surface area contributed by atoms with Crippen LogP contribution in [-0.2, 0) is 4.79 Å². The Hall–Kier alpha value is -0.590. The molecule has 1 aliphatic rings. The van der Waals surface area contributed by atoms with Gasteiger partial charge in [0.1, 0.15) is 5.78 Å². The van der Waals surface area contributed by atoms with Gasteiger partial charge in [-0.05, 0) is 39.0 Å². The summed E-state index contributed by atoms with van der Waals surface area (Å²) in [4.78, 5) is 11.2. The maximum atomic E-state index is 11.2. The highest BCUT2D eigenvalue weighted by molar-refractivity contribution is 5.82. The first-order valence-corrected chi connectivity index (χ1v) is 4.98. The molecule has 0 aliphatic heterocycles. The molecule has 1 nitrogen and oxygen atoms in total. The van der Waals surface area contributed by atoms with Gasteiger partial charge in [0.25, 0.3) is 0 Å². The van der Waals surface area contributed by atoms with E-state index in [2.05, 4.69) is 12.2 Å². The zero-order valence-corrected chi connectivity index (χ0v) is 7.88. The Morgan fingerprint density at radius 2 is 2.42 bits per heavy atom. The first kappa shape index (κ1) is 9.50. The van der Waals surface area contributed by atoms with Crippen molar-refractivity contribution in [3.05, 3.63) is 12.2 Å². The number of ketones is 1. The second-order valence-electron chi connectivity index (χ2n) is 3.56. The van der Waals surface area contributed by atoms with E-state index in [1.165, 1.54) is 6.42 Å². The summed E-state index contributed by atoms with van der Waals surface area (Å²) in [6.07, 6.45) is 10.8. The van der Waals surface area contributed by atoms with Crippen molar-refractivity contribution in [3.8, 4) is 0 Å². The minimum absolute atomic E-state index is 0.412. The monoisotopic (exact) mass is 166 g/mol. The lowest BCUT2D eigenvalue weighted by Gasteiger charge is -2.04. The average Bonchev–Trinajstić information content (AvgIpc) is 2.46. The highest BCUT2D eigenvalue weighted by Gasteiger charge is 2.22. The first-order chi connectivity index (χ1) is 5.84. The molecule has 1 rings (SSSR count). The minimum Gasteiger partial charge on any atom is -0.299 e. The minimum atomic E-state index is 0.412. The van der Waals surface area contributed by atoms with Gasteiger partial charge in [-0.1, -0.05) is 12.2 Å². The van der Waals surface area contributed by atoms with Gasteiger partial charge in [-0.3, -0.25) is 4.79 Å². The second kappa shape index (κ2) is 5.13. The van der Waals surface area contributed by atoms with Gasteiger partial charge in [0.05, 0.1) is 0 Å². The number of carbonyl (C=O) groups is 1. The van der Waals surface area contributed by atoms with Crippen molar-refractivity contribution >= 4 is 5.78 Å². The van der Waals surface area contributed by atoms with Crippen molar-refractivity contribution in [1.29, 1.82) is 0 Å². The molecule has 12 heavy (non-hydrogen) atoms. The Kier molecular flexibility index (Phi) is 4.06.